The number of hydrazone groups is 1. The first kappa shape index (κ1) is 20.8. The van der Waals surface area contributed by atoms with E-state index in [2.05, 4.69) is 10.5 Å². The Hall–Kier alpha value is -3.93. The Labute approximate surface area is 175 Å². The molecule has 3 rings (SSSR count). The average molecular weight is 401 g/mol. The zero-order valence-electron chi connectivity index (χ0n) is 16.9. The van der Waals surface area contributed by atoms with Crippen molar-refractivity contribution in [2.24, 2.45) is 5.10 Å². The van der Waals surface area contributed by atoms with Crippen LogP contribution in [-0.4, -0.2) is 31.7 Å². The van der Waals surface area contributed by atoms with Gasteiger partial charge in [0.25, 0.3) is 11.8 Å². The Morgan fingerprint density at radius 1 is 0.967 bits per heavy atom. The summed E-state index contributed by atoms with van der Waals surface area (Å²) in [6.45, 7) is 1.75. The molecule has 0 radical (unpaired) electrons. The quantitative estimate of drug-likeness (QED) is 0.484. The molecular weight excluding hydrogens is 378 g/mol. The molecule has 3 aromatic carbocycles. The van der Waals surface area contributed by atoms with Crippen molar-refractivity contribution in [3.8, 4) is 5.75 Å². The first-order valence-corrected chi connectivity index (χ1v) is 9.47. The highest BCUT2D eigenvalue weighted by Crippen LogP contribution is 2.21. The van der Waals surface area contributed by atoms with Gasteiger partial charge in [-0.3, -0.25) is 14.5 Å². The third kappa shape index (κ3) is 5.32. The minimum absolute atomic E-state index is 0.154. The molecule has 0 saturated heterocycles. The average Bonchev–Trinajstić information content (AvgIpc) is 2.78. The Morgan fingerprint density at radius 3 is 2.30 bits per heavy atom. The van der Waals surface area contributed by atoms with Crippen molar-refractivity contribution in [2.75, 3.05) is 18.6 Å². The number of aryl methyl sites for hydroxylation is 1. The predicted octanol–water partition coefficient (Wildman–Crippen LogP) is 3.80. The second kappa shape index (κ2) is 10.0. The van der Waals surface area contributed by atoms with Crippen molar-refractivity contribution < 1.29 is 14.3 Å². The highest BCUT2D eigenvalue weighted by Gasteiger charge is 2.21. The second-order valence-electron chi connectivity index (χ2n) is 6.61. The van der Waals surface area contributed by atoms with Crippen LogP contribution in [0, 0.1) is 6.92 Å². The predicted molar refractivity (Wildman–Crippen MR) is 118 cm³/mol. The maximum absolute atomic E-state index is 13.1. The lowest BCUT2D eigenvalue weighted by Gasteiger charge is -2.23. The molecule has 0 unspecified atom stereocenters. The largest absolute Gasteiger partial charge is 0.497 e. The molecule has 0 saturated carbocycles. The maximum Gasteiger partial charge on any atom is 0.260 e. The zero-order valence-corrected chi connectivity index (χ0v) is 16.9. The molecule has 3 aromatic rings. The lowest BCUT2D eigenvalue weighted by molar-refractivity contribution is -0.119. The Kier molecular flexibility index (Phi) is 6.95. The fourth-order valence-electron chi connectivity index (χ4n) is 2.92. The van der Waals surface area contributed by atoms with E-state index >= 15 is 0 Å². The molecule has 0 aliphatic carbocycles. The molecule has 1 N–H and O–H groups in total. The number of amides is 2. The van der Waals surface area contributed by atoms with Gasteiger partial charge in [-0.15, -0.1) is 0 Å². The van der Waals surface area contributed by atoms with Crippen LogP contribution >= 0.6 is 0 Å². The summed E-state index contributed by atoms with van der Waals surface area (Å²) >= 11 is 0. The molecule has 0 bridgehead atoms. The van der Waals surface area contributed by atoms with E-state index in [1.54, 1.807) is 31.4 Å². The van der Waals surface area contributed by atoms with Crippen molar-refractivity contribution in [3.63, 3.8) is 0 Å². The van der Waals surface area contributed by atoms with E-state index in [4.69, 9.17) is 4.74 Å². The molecule has 6 heteroatoms. The molecule has 0 fully saturated rings. The van der Waals surface area contributed by atoms with Crippen LogP contribution < -0.4 is 15.1 Å². The van der Waals surface area contributed by atoms with Crippen molar-refractivity contribution in [1.82, 2.24) is 5.43 Å². The van der Waals surface area contributed by atoms with Crippen molar-refractivity contribution in [2.45, 2.75) is 6.92 Å². The summed E-state index contributed by atoms with van der Waals surface area (Å²) in [7, 11) is 1.60. The van der Waals surface area contributed by atoms with E-state index in [1.807, 2.05) is 61.5 Å². The van der Waals surface area contributed by atoms with Gasteiger partial charge in [0.15, 0.2) is 0 Å². The van der Waals surface area contributed by atoms with Gasteiger partial charge in [0.2, 0.25) is 0 Å². The monoisotopic (exact) mass is 401 g/mol. The van der Waals surface area contributed by atoms with Crippen molar-refractivity contribution in [3.05, 3.63) is 95.6 Å². The van der Waals surface area contributed by atoms with E-state index in [1.165, 1.54) is 11.1 Å². The minimum Gasteiger partial charge on any atom is -0.497 e. The van der Waals surface area contributed by atoms with Crippen LogP contribution in [0.5, 0.6) is 5.75 Å². The smallest absolute Gasteiger partial charge is 0.260 e. The molecule has 2 amide bonds. The summed E-state index contributed by atoms with van der Waals surface area (Å²) in [5, 5.41) is 3.99. The fraction of sp³-hybridized carbons (Fsp3) is 0.125. The summed E-state index contributed by atoms with van der Waals surface area (Å²) in [6.07, 6.45) is 1.54. The van der Waals surface area contributed by atoms with Gasteiger partial charge >= 0.3 is 0 Å². The van der Waals surface area contributed by atoms with Gasteiger partial charge < -0.3 is 4.74 Å². The van der Waals surface area contributed by atoms with Crippen LogP contribution in [0.3, 0.4) is 0 Å². The van der Waals surface area contributed by atoms with Crippen LogP contribution in [0.1, 0.15) is 21.5 Å². The molecule has 0 heterocycles. The van der Waals surface area contributed by atoms with Gasteiger partial charge in [0.05, 0.1) is 13.3 Å². The SMILES string of the molecule is COc1ccc(/C=N\NC(=O)CN(C(=O)c2ccccc2)c2ccccc2C)cc1. The Bertz CT molecular complexity index is 1030. The van der Waals surface area contributed by atoms with E-state index in [0.717, 1.165) is 16.9 Å². The number of ether oxygens (including phenoxy) is 1. The summed E-state index contributed by atoms with van der Waals surface area (Å²) in [4.78, 5) is 27.1. The third-order valence-corrected chi connectivity index (χ3v) is 4.49. The van der Waals surface area contributed by atoms with Gasteiger partial charge in [-0.1, -0.05) is 36.4 Å². The molecule has 0 atom stereocenters. The van der Waals surface area contributed by atoms with E-state index in [0.29, 0.717) is 11.3 Å². The topological polar surface area (TPSA) is 71.0 Å². The second-order valence-corrected chi connectivity index (χ2v) is 6.61. The summed E-state index contributed by atoms with van der Waals surface area (Å²) < 4.78 is 5.11. The summed E-state index contributed by atoms with van der Waals surface area (Å²) in [6, 6.07) is 23.6. The number of carbonyl (C=O) groups is 2. The molecule has 30 heavy (non-hydrogen) atoms. The molecule has 0 aliphatic heterocycles. The number of nitrogens with one attached hydrogen (secondary N) is 1. The number of carbonyl (C=O) groups excluding carboxylic acids is 2. The van der Waals surface area contributed by atoms with Crippen LogP contribution in [0.4, 0.5) is 5.69 Å². The van der Waals surface area contributed by atoms with E-state index in [-0.39, 0.29) is 12.5 Å². The third-order valence-electron chi connectivity index (χ3n) is 4.49. The lowest BCUT2D eigenvalue weighted by Crippen LogP contribution is -2.40. The number of hydrogen-bond donors (Lipinski definition) is 1. The molecule has 0 aliphatic rings. The number of nitrogens with zero attached hydrogens (tertiary/aromatic N) is 2. The van der Waals surface area contributed by atoms with E-state index < -0.39 is 5.91 Å². The summed E-state index contributed by atoms with van der Waals surface area (Å²) in [5.74, 6) is 0.0935. The highest BCUT2D eigenvalue weighted by atomic mass is 16.5. The van der Waals surface area contributed by atoms with Crippen LogP contribution in [0.25, 0.3) is 0 Å². The van der Waals surface area contributed by atoms with Crippen LogP contribution in [-0.2, 0) is 4.79 Å². The van der Waals surface area contributed by atoms with Crippen molar-refractivity contribution >= 4 is 23.7 Å². The number of benzene rings is 3. The highest BCUT2D eigenvalue weighted by molar-refractivity contribution is 6.09. The van der Waals surface area contributed by atoms with Gasteiger partial charge in [-0.25, -0.2) is 5.43 Å². The molecule has 6 nitrogen and oxygen atoms in total. The first-order chi connectivity index (χ1) is 14.6. The maximum atomic E-state index is 13.1. The number of anilines is 1. The number of para-hydroxylation sites is 1. The van der Waals surface area contributed by atoms with Crippen LogP contribution in [0.2, 0.25) is 0 Å². The first-order valence-electron chi connectivity index (χ1n) is 9.47. The summed E-state index contributed by atoms with van der Waals surface area (Å²) in [5.41, 5.74) is 5.39. The standard InChI is InChI=1S/C24H23N3O3/c1-18-8-6-7-11-22(18)27(24(29)20-9-4-3-5-10-20)17-23(28)26-25-16-19-12-14-21(30-2)15-13-19/h3-16H,17H2,1-2H3,(H,26,28)/b25-16-. The number of rotatable bonds is 7. The molecular formula is C24H23N3O3. The van der Waals surface area contributed by atoms with E-state index in [9.17, 15) is 9.59 Å². The van der Waals surface area contributed by atoms with Gasteiger partial charge in [-0.05, 0) is 60.5 Å². The van der Waals surface area contributed by atoms with Gasteiger partial charge in [-0.2, -0.15) is 5.10 Å². The van der Waals surface area contributed by atoms with Crippen molar-refractivity contribution in [1.29, 1.82) is 0 Å². The number of methoxy groups -OCH3 is 1. The lowest BCUT2D eigenvalue weighted by atomic mass is 10.1. The van der Waals surface area contributed by atoms with Crippen LogP contribution in [0.15, 0.2) is 84.0 Å². The number of hydrogen-bond acceptors (Lipinski definition) is 4. The Morgan fingerprint density at radius 2 is 1.63 bits per heavy atom. The Balaban J connectivity index is 1.73. The molecule has 0 spiro atoms. The normalized spacial score (nSPS) is 10.6. The molecule has 152 valence electrons. The fourth-order valence-corrected chi connectivity index (χ4v) is 2.92. The van der Waals surface area contributed by atoms with Gasteiger partial charge in [0.1, 0.15) is 12.3 Å². The van der Waals surface area contributed by atoms with Gasteiger partial charge in [0, 0.05) is 11.3 Å². The minimum atomic E-state index is -0.396. The molecule has 0 aromatic heterocycles. The zero-order chi connectivity index (χ0) is 21.3.